The van der Waals surface area contributed by atoms with Crippen molar-refractivity contribution in [3.05, 3.63) is 12.2 Å². The molecule has 0 saturated carbocycles. The first-order chi connectivity index (χ1) is 5.77. The van der Waals surface area contributed by atoms with Crippen molar-refractivity contribution in [3.63, 3.8) is 0 Å². The summed E-state index contributed by atoms with van der Waals surface area (Å²) in [6.45, 7) is 3.79. The smallest absolute Gasteiger partial charge is 0.152 e. The van der Waals surface area contributed by atoms with Gasteiger partial charge in [0.2, 0.25) is 0 Å². The largest absolute Gasteiger partial charge is 0.295 e. The van der Waals surface area contributed by atoms with Crippen LogP contribution in [-0.4, -0.2) is 17.3 Å². The summed E-state index contributed by atoms with van der Waals surface area (Å²) in [5.74, 6) is 2.54. The van der Waals surface area contributed by atoms with Crippen molar-refractivity contribution in [1.82, 2.24) is 0 Å². The summed E-state index contributed by atoms with van der Waals surface area (Å²) < 4.78 is 0. The molecule has 12 heavy (non-hydrogen) atoms. The Balaban J connectivity index is 3.05. The van der Waals surface area contributed by atoms with Gasteiger partial charge in [0, 0.05) is 0 Å². The van der Waals surface area contributed by atoms with Crippen molar-refractivity contribution in [2.75, 3.05) is 11.5 Å². The van der Waals surface area contributed by atoms with Crippen molar-refractivity contribution in [3.8, 4) is 0 Å². The highest BCUT2D eigenvalue weighted by atomic mass is 32.2. The highest BCUT2D eigenvalue weighted by Crippen LogP contribution is 2.06. The van der Waals surface area contributed by atoms with Crippen LogP contribution in [0.2, 0.25) is 0 Å². The Kier molecular flexibility index (Phi) is 8.68. The van der Waals surface area contributed by atoms with E-state index in [-0.39, 0.29) is 5.78 Å². The molecule has 70 valence electrons. The standard InChI is InChI=1S/C10H18OS/c1-3-4-8-12-9-6-5-7-10(2)11/h5,7H,3-4,6,8-9H2,1-2H3. The number of ketones is 1. The molecule has 0 atom stereocenters. The van der Waals surface area contributed by atoms with E-state index in [2.05, 4.69) is 6.92 Å². The zero-order valence-corrected chi connectivity index (χ0v) is 8.82. The van der Waals surface area contributed by atoms with Gasteiger partial charge >= 0.3 is 0 Å². The van der Waals surface area contributed by atoms with Gasteiger partial charge in [-0.3, -0.25) is 4.79 Å². The van der Waals surface area contributed by atoms with Gasteiger partial charge in [-0.05, 0) is 37.3 Å². The lowest BCUT2D eigenvalue weighted by molar-refractivity contribution is -0.112. The molecule has 0 aliphatic carbocycles. The minimum absolute atomic E-state index is 0.147. The van der Waals surface area contributed by atoms with Crippen LogP contribution in [-0.2, 0) is 4.79 Å². The lowest BCUT2D eigenvalue weighted by Gasteiger charge is -1.95. The number of hydrogen-bond donors (Lipinski definition) is 0. The van der Waals surface area contributed by atoms with E-state index in [1.165, 1.54) is 18.6 Å². The fourth-order valence-corrected chi connectivity index (χ4v) is 1.75. The van der Waals surface area contributed by atoms with Crippen molar-refractivity contribution in [2.24, 2.45) is 0 Å². The zero-order chi connectivity index (χ0) is 9.23. The van der Waals surface area contributed by atoms with Crippen LogP contribution in [0.4, 0.5) is 0 Å². The van der Waals surface area contributed by atoms with E-state index < -0.39 is 0 Å². The summed E-state index contributed by atoms with van der Waals surface area (Å²) in [5.41, 5.74) is 0. The van der Waals surface area contributed by atoms with Gasteiger partial charge in [-0.1, -0.05) is 19.4 Å². The molecule has 0 rings (SSSR count). The molecule has 0 amide bonds. The summed E-state index contributed by atoms with van der Waals surface area (Å²) in [5, 5.41) is 0. The second-order valence-electron chi connectivity index (χ2n) is 2.77. The lowest BCUT2D eigenvalue weighted by atomic mass is 10.3. The van der Waals surface area contributed by atoms with Crippen molar-refractivity contribution < 1.29 is 4.79 Å². The van der Waals surface area contributed by atoms with Gasteiger partial charge in [0.25, 0.3) is 0 Å². The van der Waals surface area contributed by atoms with E-state index in [9.17, 15) is 4.79 Å². The van der Waals surface area contributed by atoms with Crippen LogP contribution in [0.3, 0.4) is 0 Å². The number of rotatable bonds is 7. The molecular formula is C10H18OS. The zero-order valence-electron chi connectivity index (χ0n) is 8.01. The second kappa shape index (κ2) is 8.85. The summed E-state index contributed by atoms with van der Waals surface area (Å²) in [4.78, 5) is 10.5. The Hall–Kier alpha value is -0.240. The molecule has 1 nitrogen and oxygen atoms in total. The topological polar surface area (TPSA) is 17.1 Å². The maximum absolute atomic E-state index is 10.5. The molecule has 0 N–H and O–H groups in total. The number of thioether (sulfide) groups is 1. The Morgan fingerprint density at radius 3 is 2.75 bits per heavy atom. The summed E-state index contributed by atoms with van der Waals surface area (Å²) in [7, 11) is 0. The Morgan fingerprint density at radius 2 is 2.17 bits per heavy atom. The van der Waals surface area contributed by atoms with Crippen molar-refractivity contribution in [2.45, 2.75) is 33.1 Å². The summed E-state index contributed by atoms with van der Waals surface area (Å²) >= 11 is 1.97. The number of hydrogen-bond acceptors (Lipinski definition) is 2. The molecular weight excluding hydrogens is 168 g/mol. The molecule has 0 aliphatic rings. The van der Waals surface area contributed by atoms with E-state index in [4.69, 9.17) is 0 Å². The van der Waals surface area contributed by atoms with Crippen molar-refractivity contribution >= 4 is 17.5 Å². The SMILES string of the molecule is CCCCSCCC=CC(C)=O. The maximum atomic E-state index is 10.5. The Bertz CT molecular complexity index is 141. The van der Waals surface area contributed by atoms with Gasteiger partial charge in [-0.2, -0.15) is 11.8 Å². The fraction of sp³-hybridized carbons (Fsp3) is 0.700. The lowest BCUT2D eigenvalue weighted by Crippen LogP contribution is -1.83. The highest BCUT2D eigenvalue weighted by Gasteiger charge is 1.86. The van der Waals surface area contributed by atoms with Crippen LogP contribution in [0, 0.1) is 0 Å². The molecule has 0 spiro atoms. The molecule has 0 unspecified atom stereocenters. The molecule has 0 aromatic rings. The van der Waals surface area contributed by atoms with Gasteiger partial charge in [0.1, 0.15) is 0 Å². The van der Waals surface area contributed by atoms with Gasteiger partial charge in [-0.25, -0.2) is 0 Å². The van der Waals surface area contributed by atoms with Crippen LogP contribution in [0.25, 0.3) is 0 Å². The average Bonchev–Trinajstić information content (AvgIpc) is 2.02. The van der Waals surface area contributed by atoms with Gasteiger partial charge in [-0.15, -0.1) is 0 Å². The molecule has 0 heterocycles. The normalized spacial score (nSPS) is 10.8. The first-order valence-electron chi connectivity index (χ1n) is 4.52. The second-order valence-corrected chi connectivity index (χ2v) is 3.99. The predicted octanol–water partition coefficient (Wildman–Crippen LogP) is 3.06. The number of carbonyl (C=O) groups excluding carboxylic acids is 1. The molecule has 0 aliphatic heterocycles. The van der Waals surface area contributed by atoms with Crippen LogP contribution >= 0.6 is 11.8 Å². The highest BCUT2D eigenvalue weighted by molar-refractivity contribution is 7.99. The van der Waals surface area contributed by atoms with E-state index in [1.54, 1.807) is 13.0 Å². The number of allylic oxidation sites excluding steroid dienone is 2. The summed E-state index contributed by atoms with van der Waals surface area (Å²) in [6.07, 6.45) is 7.22. The van der Waals surface area contributed by atoms with Crippen LogP contribution in [0.1, 0.15) is 33.1 Å². The van der Waals surface area contributed by atoms with E-state index >= 15 is 0 Å². The molecule has 0 saturated heterocycles. The first-order valence-corrected chi connectivity index (χ1v) is 5.67. The molecule has 0 bridgehead atoms. The third kappa shape index (κ3) is 9.76. The quantitative estimate of drug-likeness (QED) is 0.449. The first kappa shape index (κ1) is 11.8. The van der Waals surface area contributed by atoms with Crippen molar-refractivity contribution in [1.29, 1.82) is 0 Å². The molecule has 0 radical (unpaired) electrons. The monoisotopic (exact) mass is 186 g/mol. The van der Waals surface area contributed by atoms with Crippen LogP contribution in [0.5, 0.6) is 0 Å². The van der Waals surface area contributed by atoms with Gasteiger partial charge < -0.3 is 0 Å². The maximum Gasteiger partial charge on any atom is 0.152 e. The van der Waals surface area contributed by atoms with Gasteiger partial charge in [0.15, 0.2) is 5.78 Å². The van der Waals surface area contributed by atoms with E-state index in [0.29, 0.717) is 0 Å². The van der Waals surface area contributed by atoms with Gasteiger partial charge in [0.05, 0.1) is 0 Å². The number of unbranched alkanes of at least 4 members (excludes halogenated alkanes) is 1. The molecule has 0 aromatic carbocycles. The Labute approximate surface area is 79.6 Å². The van der Waals surface area contributed by atoms with Crippen LogP contribution in [0.15, 0.2) is 12.2 Å². The minimum Gasteiger partial charge on any atom is -0.295 e. The number of carbonyl (C=O) groups is 1. The van der Waals surface area contributed by atoms with E-state index in [1.807, 2.05) is 17.8 Å². The predicted molar refractivity (Wildman–Crippen MR) is 56.7 cm³/mol. The Morgan fingerprint density at radius 1 is 1.42 bits per heavy atom. The fourth-order valence-electron chi connectivity index (χ4n) is 0.749. The molecule has 0 fully saturated rings. The summed E-state index contributed by atoms with van der Waals surface area (Å²) in [6, 6.07) is 0. The third-order valence-corrected chi connectivity index (χ3v) is 2.53. The average molecular weight is 186 g/mol. The van der Waals surface area contributed by atoms with Crippen LogP contribution < -0.4 is 0 Å². The minimum atomic E-state index is 0.147. The molecule has 2 heteroatoms. The molecule has 0 aromatic heterocycles. The van der Waals surface area contributed by atoms with E-state index in [0.717, 1.165) is 12.2 Å². The third-order valence-electron chi connectivity index (χ3n) is 1.42.